The monoisotopic (exact) mass is 156 g/mol. The van der Waals surface area contributed by atoms with E-state index in [-0.39, 0.29) is 0 Å². The van der Waals surface area contributed by atoms with Gasteiger partial charge in [-0.05, 0) is 24.6 Å². The summed E-state index contributed by atoms with van der Waals surface area (Å²) in [6, 6.07) is 5.89. The Kier molecular flexibility index (Phi) is 2.09. The van der Waals surface area contributed by atoms with Crippen LogP contribution in [0.25, 0.3) is 0 Å². The van der Waals surface area contributed by atoms with Crippen LogP contribution in [0, 0.1) is 6.92 Å². The molecule has 0 aliphatic rings. The van der Waals surface area contributed by atoms with Crippen molar-refractivity contribution in [1.29, 1.82) is 0 Å². The van der Waals surface area contributed by atoms with Gasteiger partial charge in [0.1, 0.15) is 0 Å². The predicted octanol–water partition coefficient (Wildman–Crippen LogP) is 2.57. The first-order chi connectivity index (χ1) is 4.20. The molecule has 2 heteroatoms. The molecule has 0 nitrogen and oxygen atoms in total. The van der Waals surface area contributed by atoms with E-state index in [9.17, 15) is 0 Å². The van der Waals surface area contributed by atoms with Crippen LogP contribution in [0.15, 0.2) is 28.0 Å². The maximum Gasteiger partial charge on any atom is 0.00802 e. The van der Waals surface area contributed by atoms with Gasteiger partial charge in [0.15, 0.2) is 0 Å². The standard InChI is InChI=1S/C7H8S2/c1-5-2-3-6(8)4-7(5)9/h2-4,8-9H,1H3. The molecule has 0 saturated heterocycles. The van der Waals surface area contributed by atoms with E-state index in [2.05, 4.69) is 25.3 Å². The topological polar surface area (TPSA) is 0 Å². The summed E-state index contributed by atoms with van der Waals surface area (Å²) in [5.74, 6) is 0. The molecule has 9 heavy (non-hydrogen) atoms. The summed E-state index contributed by atoms with van der Waals surface area (Å²) in [5, 5.41) is 0. The smallest absolute Gasteiger partial charge is 0.00802 e. The van der Waals surface area contributed by atoms with Crippen LogP contribution in [0.3, 0.4) is 0 Å². The summed E-state index contributed by atoms with van der Waals surface area (Å²) in [6.07, 6.45) is 0. The van der Waals surface area contributed by atoms with Gasteiger partial charge in [0, 0.05) is 9.79 Å². The van der Waals surface area contributed by atoms with Gasteiger partial charge < -0.3 is 0 Å². The Morgan fingerprint density at radius 2 is 1.89 bits per heavy atom. The third-order valence-corrected chi connectivity index (χ3v) is 1.95. The highest BCUT2D eigenvalue weighted by Gasteiger charge is 1.90. The first kappa shape index (κ1) is 7.03. The van der Waals surface area contributed by atoms with Crippen LogP contribution in [0.1, 0.15) is 5.56 Å². The number of aryl methyl sites for hydroxylation is 1. The van der Waals surface area contributed by atoms with E-state index in [0.29, 0.717) is 0 Å². The fourth-order valence-corrected chi connectivity index (χ4v) is 1.12. The van der Waals surface area contributed by atoms with Gasteiger partial charge in [-0.1, -0.05) is 6.07 Å². The second-order valence-electron chi connectivity index (χ2n) is 1.97. The zero-order valence-corrected chi connectivity index (χ0v) is 6.92. The van der Waals surface area contributed by atoms with Crippen LogP contribution in [-0.4, -0.2) is 0 Å². The van der Waals surface area contributed by atoms with E-state index in [1.807, 2.05) is 25.1 Å². The first-order valence-electron chi connectivity index (χ1n) is 2.69. The fraction of sp³-hybridized carbons (Fsp3) is 0.143. The second kappa shape index (κ2) is 2.67. The summed E-state index contributed by atoms with van der Waals surface area (Å²) in [4.78, 5) is 1.97. The van der Waals surface area contributed by atoms with Crippen LogP contribution in [0.4, 0.5) is 0 Å². The predicted molar refractivity (Wildman–Crippen MR) is 45.7 cm³/mol. The van der Waals surface area contributed by atoms with Gasteiger partial charge in [0.25, 0.3) is 0 Å². The van der Waals surface area contributed by atoms with E-state index in [1.165, 1.54) is 5.56 Å². The molecule has 0 amide bonds. The molecule has 0 bridgehead atoms. The minimum atomic E-state index is 0.964. The molecule has 1 aromatic carbocycles. The Balaban J connectivity index is 3.17. The lowest BCUT2D eigenvalue weighted by Crippen LogP contribution is -1.73. The zero-order chi connectivity index (χ0) is 6.85. The van der Waals surface area contributed by atoms with Gasteiger partial charge >= 0.3 is 0 Å². The minimum Gasteiger partial charge on any atom is -0.143 e. The normalized spacial score (nSPS) is 9.67. The molecule has 0 radical (unpaired) electrons. The van der Waals surface area contributed by atoms with Crippen LogP contribution in [-0.2, 0) is 0 Å². The largest absolute Gasteiger partial charge is 0.143 e. The van der Waals surface area contributed by atoms with Gasteiger partial charge in [-0.15, -0.1) is 25.3 Å². The number of rotatable bonds is 0. The lowest BCUT2D eigenvalue weighted by Gasteiger charge is -1.96. The Morgan fingerprint density at radius 1 is 1.22 bits per heavy atom. The Morgan fingerprint density at radius 3 is 2.33 bits per heavy atom. The Bertz CT molecular complexity index is 218. The average molecular weight is 156 g/mol. The molecular weight excluding hydrogens is 148 g/mol. The van der Waals surface area contributed by atoms with Gasteiger partial charge in [-0.2, -0.15) is 0 Å². The van der Waals surface area contributed by atoms with Crippen molar-refractivity contribution < 1.29 is 0 Å². The molecule has 0 spiro atoms. The molecule has 0 heterocycles. The van der Waals surface area contributed by atoms with Crippen molar-refractivity contribution in [3.63, 3.8) is 0 Å². The molecule has 0 unspecified atom stereocenters. The van der Waals surface area contributed by atoms with Crippen LogP contribution in [0.5, 0.6) is 0 Å². The zero-order valence-electron chi connectivity index (χ0n) is 5.13. The summed E-state index contributed by atoms with van der Waals surface area (Å²) in [6.45, 7) is 2.02. The van der Waals surface area contributed by atoms with E-state index < -0.39 is 0 Å². The molecule has 0 atom stereocenters. The van der Waals surface area contributed by atoms with Gasteiger partial charge in [-0.3, -0.25) is 0 Å². The molecule has 0 N–H and O–H groups in total. The van der Waals surface area contributed by atoms with E-state index in [0.717, 1.165) is 9.79 Å². The van der Waals surface area contributed by atoms with Crippen LogP contribution >= 0.6 is 25.3 Å². The van der Waals surface area contributed by atoms with Crippen molar-refractivity contribution in [3.05, 3.63) is 23.8 Å². The summed E-state index contributed by atoms with van der Waals surface area (Å²) < 4.78 is 0. The van der Waals surface area contributed by atoms with Crippen molar-refractivity contribution in [1.82, 2.24) is 0 Å². The number of hydrogen-bond acceptors (Lipinski definition) is 2. The molecule has 0 aromatic heterocycles. The lowest BCUT2D eigenvalue weighted by atomic mass is 10.2. The highest BCUT2D eigenvalue weighted by molar-refractivity contribution is 7.81. The average Bonchev–Trinajstić information content (AvgIpc) is 1.80. The van der Waals surface area contributed by atoms with Crippen LogP contribution < -0.4 is 0 Å². The lowest BCUT2D eigenvalue weighted by molar-refractivity contribution is 1.25. The maximum atomic E-state index is 4.22. The fourth-order valence-electron chi connectivity index (χ4n) is 0.598. The Labute approximate surface area is 66.1 Å². The molecule has 0 aliphatic carbocycles. The van der Waals surface area contributed by atoms with E-state index >= 15 is 0 Å². The van der Waals surface area contributed by atoms with Gasteiger partial charge in [0.05, 0.1) is 0 Å². The minimum absolute atomic E-state index is 0.964. The number of hydrogen-bond donors (Lipinski definition) is 2. The van der Waals surface area contributed by atoms with Gasteiger partial charge in [0.2, 0.25) is 0 Å². The number of benzene rings is 1. The summed E-state index contributed by atoms with van der Waals surface area (Å²) in [5.41, 5.74) is 1.19. The van der Waals surface area contributed by atoms with Crippen molar-refractivity contribution in [2.24, 2.45) is 0 Å². The molecule has 0 saturated carbocycles. The third-order valence-electron chi connectivity index (χ3n) is 1.19. The molecule has 0 fully saturated rings. The van der Waals surface area contributed by atoms with E-state index in [4.69, 9.17) is 0 Å². The van der Waals surface area contributed by atoms with Crippen LogP contribution in [0.2, 0.25) is 0 Å². The molecule has 1 aromatic rings. The van der Waals surface area contributed by atoms with Gasteiger partial charge in [-0.25, -0.2) is 0 Å². The molecule has 48 valence electrons. The number of thiol groups is 2. The summed E-state index contributed by atoms with van der Waals surface area (Å²) in [7, 11) is 0. The SMILES string of the molecule is Cc1ccc(S)cc1S. The highest BCUT2D eigenvalue weighted by Crippen LogP contribution is 2.16. The van der Waals surface area contributed by atoms with Crippen molar-refractivity contribution in [3.8, 4) is 0 Å². The van der Waals surface area contributed by atoms with E-state index in [1.54, 1.807) is 0 Å². The third kappa shape index (κ3) is 1.66. The van der Waals surface area contributed by atoms with Crippen molar-refractivity contribution >= 4 is 25.3 Å². The quantitative estimate of drug-likeness (QED) is 0.530. The summed E-state index contributed by atoms with van der Waals surface area (Å²) >= 11 is 8.37. The molecular formula is C7H8S2. The highest BCUT2D eigenvalue weighted by atomic mass is 32.1. The molecule has 0 aliphatic heterocycles. The molecule has 1 rings (SSSR count). The Hall–Kier alpha value is -0.0800. The second-order valence-corrected chi connectivity index (χ2v) is 2.97. The first-order valence-corrected chi connectivity index (χ1v) is 3.58. The maximum absolute atomic E-state index is 4.22. The van der Waals surface area contributed by atoms with Crippen molar-refractivity contribution in [2.45, 2.75) is 16.7 Å². The van der Waals surface area contributed by atoms with Crippen molar-refractivity contribution in [2.75, 3.05) is 0 Å².